The molecule has 0 saturated heterocycles. The average molecular weight is 383 g/mol. The summed E-state index contributed by atoms with van der Waals surface area (Å²) in [6.45, 7) is 7.18. The second-order valence-corrected chi connectivity index (χ2v) is 7.18. The molecule has 0 fully saturated rings. The van der Waals surface area contributed by atoms with Crippen LogP contribution in [-0.2, 0) is 9.53 Å². The first-order valence-corrected chi connectivity index (χ1v) is 9.51. The van der Waals surface area contributed by atoms with E-state index >= 15 is 0 Å². The van der Waals surface area contributed by atoms with Gasteiger partial charge in [0.15, 0.2) is 5.16 Å². The fourth-order valence-corrected chi connectivity index (χ4v) is 2.97. The van der Waals surface area contributed by atoms with E-state index in [4.69, 9.17) is 16.3 Å². The third-order valence-corrected chi connectivity index (χ3v) is 4.73. The number of aryl methyl sites for hydroxylation is 1. The molecule has 25 heavy (non-hydrogen) atoms. The number of aromatic nitrogens is 3. The van der Waals surface area contributed by atoms with Crippen LogP contribution < -0.4 is 5.32 Å². The molecular weight excluding hydrogens is 360 g/mol. The summed E-state index contributed by atoms with van der Waals surface area (Å²) in [5.74, 6) is 0.245. The molecule has 0 aliphatic carbocycles. The van der Waals surface area contributed by atoms with Gasteiger partial charge < -0.3 is 10.1 Å². The van der Waals surface area contributed by atoms with Gasteiger partial charge in [-0.2, -0.15) is 0 Å². The minimum atomic E-state index is -0.0361. The van der Waals surface area contributed by atoms with E-state index in [1.165, 1.54) is 11.8 Å². The van der Waals surface area contributed by atoms with E-state index in [0.29, 0.717) is 23.3 Å². The molecule has 1 aromatic carbocycles. The van der Waals surface area contributed by atoms with Gasteiger partial charge in [-0.15, -0.1) is 10.2 Å². The normalized spacial score (nSPS) is 11.1. The highest BCUT2D eigenvalue weighted by molar-refractivity contribution is 7.99. The van der Waals surface area contributed by atoms with Crippen molar-refractivity contribution >= 4 is 29.3 Å². The smallest absolute Gasteiger partial charge is 0.230 e. The van der Waals surface area contributed by atoms with E-state index in [0.717, 1.165) is 17.7 Å². The Morgan fingerprint density at radius 1 is 1.44 bits per heavy atom. The Morgan fingerprint density at radius 3 is 2.96 bits per heavy atom. The molecule has 1 heterocycles. The van der Waals surface area contributed by atoms with Crippen molar-refractivity contribution in [2.24, 2.45) is 0 Å². The van der Waals surface area contributed by atoms with Crippen LogP contribution in [0.5, 0.6) is 0 Å². The summed E-state index contributed by atoms with van der Waals surface area (Å²) < 4.78 is 7.26. The Bertz CT molecular complexity index is 706. The van der Waals surface area contributed by atoms with Crippen LogP contribution in [0.2, 0.25) is 5.02 Å². The number of nitrogens with zero attached hydrogens (tertiary/aromatic N) is 3. The quantitative estimate of drug-likeness (QED) is 0.532. The van der Waals surface area contributed by atoms with E-state index < -0.39 is 0 Å². The van der Waals surface area contributed by atoms with Crippen LogP contribution in [-0.4, -0.2) is 45.7 Å². The highest BCUT2D eigenvalue weighted by Gasteiger charge is 2.11. The lowest BCUT2D eigenvalue weighted by Crippen LogP contribution is -2.27. The number of hydrogen-bond acceptors (Lipinski definition) is 5. The second-order valence-electron chi connectivity index (χ2n) is 5.83. The van der Waals surface area contributed by atoms with E-state index in [1.807, 2.05) is 43.5 Å². The van der Waals surface area contributed by atoms with E-state index in [1.54, 1.807) is 6.33 Å². The van der Waals surface area contributed by atoms with Gasteiger partial charge in [0.05, 0.1) is 17.5 Å². The van der Waals surface area contributed by atoms with Gasteiger partial charge in [-0.25, -0.2) is 0 Å². The van der Waals surface area contributed by atoms with Crippen molar-refractivity contribution in [1.82, 2.24) is 20.1 Å². The summed E-state index contributed by atoms with van der Waals surface area (Å²) in [7, 11) is 0. The Balaban J connectivity index is 1.83. The predicted molar refractivity (Wildman–Crippen MR) is 101 cm³/mol. The highest BCUT2D eigenvalue weighted by atomic mass is 35.5. The minimum absolute atomic E-state index is 0.0361. The third kappa shape index (κ3) is 6.34. The first-order valence-electron chi connectivity index (χ1n) is 8.15. The summed E-state index contributed by atoms with van der Waals surface area (Å²) in [5.41, 5.74) is 1.88. The van der Waals surface area contributed by atoms with E-state index in [2.05, 4.69) is 15.5 Å². The van der Waals surface area contributed by atoms with Crippen LogP contribution in [0.15, 0.2) is 29.7 Å². The SMILES string of the molecule is Cc1ccc(-n2cnnc2SCC(=O)NCCCOC(C)C)cc1Cl. The molecule has 0 radical (unpaired) electrons. The zero-order valence-corrected chi connectivity index (χ0v) is 16.2. The first kappa shape index (κ1) is 19.8. The number of ether oxygens (including phenoxy) is 1. The number of carbonyl (C=O) groups excluding carboxylic acids is 1. The van der Waals surface area contributed by atoms with E-state index in [-0.39, 0.29) is 17.8 Å². The lowest BCUT2D eigenvalue weighted by atomic mass is 10.2. The Labute approximate surface area is 157 Å². The summed E-state index contributed by atoms with van der Waals surface area (Å²) in [6.07, 6.45) is 2.63. The number of benzene rings is 1. The molecule has 0 aliphatic rings. The number of hydrogen-bond donors (Lipinski definition) is 1. The molecule has 2 rings (SSSR count). The van der Waals surface area contributed by atoms with Crippen LogP contribution in [0.3, 0.4) is 0 Å². The molecule has 1 aromatic heterocycles. The van der Waals surface area contributed by atoms with Crippen LogP contribution in [0, 0.1) is 6.92 Å². The largest absolute Gasteiger partial charge is 0.379 e. The zero-order chi connectivity index (χ0) is 18.2. The Morgan fingerprint density at radius 2 is 2.24 bits per heavy atom. The molecular formula is C17H23ClN4O2S. The molecule has 0 spiro atoms. The molecule has 1 amide bonds. The van der Waals surface area contributed by atoms with Gasteiger partial charge in [0.1, 0.15) is 6.33 Å². The molecule has 0 unspecified atom stereocenters. The number of halogens is 1. The fraction of sp³-hybridized carbons (Fsp3) is 0.471. The third-order valence-electron chi connectivity index (χ3n) is 3.38. The monoisotopic (exact) mass is 382 g/mol. The van der Waals surface area contributed by atoms with Crippen molar-refractivity contribution in [3.05, 3.63) is 35.1 Å². The summed E-state index contributed by atoms with van der Waals surface area (Å²) >= 11 is 7.52. The Kier molecular flexibility index (Phi) is 7.74. The maximum Gasteiger partial charge on any atom is 0.230 e. The topological polar surface area (TPSA) is 69.0 Å². The van der Waals surface area contributed by atoms with Crippen LogP contribution in [0.25, 0.3) is 5.69 Å². The standard InChI is InChI=1S/C17H23ClN4O2S/c1-12(2)24-8-4-7-19-16(23)10-25-17-21-20-11-22(17)14-6-5-13(3)15(18)9-14/h5-6,9,11-12H,4,7-8,10H2,1-3H3,(H,19,23). The highest BCUT2D eigenvalue weighted by Crippen LogP contribution is 2.23. The number of carbonyl (C=O) groups is 1. The molecule has 0 atom stereocenters. The maximum absolute atomic E-state index is 11.9. The summed E-state index contributed by atoms with van der Waals surface area (Å²) in [4.78, 5) is 11.9. The summed E-state index contributed by atoms with van der Waals surface area (Å²) in [6, 6.07) is 5.75. The fourth-order valence-electron chi connectivity index (χ4n) is 2.03. The summed E-state index contributed by atoms with van der Waals surface area (Å²) in [5, 5.41) is 12.2. The molecule has 8 heteroatoms. The predicted octanol–water partition coefficient (Wildman–Crippen LogP) is 3.25. The van der Waals surface area contributed by atoms with Crippen molar-refractivity contribution in [2.75, 3.05) is 18.9 Å². The minimum Gasteiger partial charge on any atom is -0.379 e. The molecule has 1 N–H and O–H groups in total. The average Bonchev–Trinajstić information content (AvgIpc) is 3.03. The van der Waals surface area contributed by atoms with Crippen molar-refractivity contribution in [2.45, 2.75) is 38.5 Å². The van der Waals surface area contributed by atoms with Crippen molar-refractivity contribution < 1.29 is 9.53 Å². The van der Waals surface area contributed by atoms with Gasteiger partial charge in [-0.05, 0) is 44.9 Å². The van der Waals surface area contributed by atoms with Gasteiger partial charge in [-0.3, -0.25) is 9.36 Å². The van der Waals surface area contributed by atoms with Crippen molar-refractivity contribution in [1.29, 1.82) is 0 Å². The molecule has 2 aromatic rings. The van der Waals surface area contributed by atoms with Gasteiger partial charge in [0.25, 0.3) is 0 Å². The van der Waals surface area contributed by atoms with Crippen LogP contribution in [0.1, 0.15) is 25.8 Å². The van der Waals surface area contributed by atoms with Gasteiger partial charge in [0, 0.05) is 18.2 Å². The van der Waals surface area contributed by atoms with E-state index in [9.17, 15) is 4.79 Å². The van der Waals surface area contributed by atoms with Gasteiger partial charge >= 0.3 is 0 Å². The maximum atomic E-state index is 11.9. The van der Waals surface area contributed by atoms with Gasteiger partial charge in [-0.1, -0.05) is 29.4 Å². The number of rotatable bonds is 9. The molecule has 6 nitrogen and oxygen atoms in total. The molecule has 0 saturated carbocycles. The number of thioether (sulfide) groups is 1. The molecule has 136 valence electrons. The molecule has 0 bridgehead atoms. The van der Waals surface area contributed by atoms with Gasteiger partial charge in [0.2, 0.25) is 5.91 Å². The molecule has 0 aliphatic heterocycles. The number of amides is 1. The van der Waals surface area contributed by atoms with Crippen molar-refractivity contribution in [3.8, 4) is 5.69 Å². The Hall–Kier alpha value is -1.57. The van der Waals surface area contributed by atoms with Crippen LogP contribution >= 0.6 is 23.4 Å². The first-order chi connectivity index (χ1) is 12.0. The van der Waals surface area contributed by atoms with Crippen LogP contribution in [0.4, 0.5) is 0 Å². The zero-order valence-electron chi connectivity index (χ0n) is 14.7. The second kappa shape index (κ2) is 9.79. The lowest BCUT2D eigenvalue weighted by Gasteiger charge is -2.09. The lowest BCUT2D eigenvalue weighted by molar-refractivity contribution is -0.118. The number of nitrogens with one attached hydrogen (secondary N) is 1. The van der Waals surface area contributed by atoms with Crippen molar-refractivity contribution in [3.63, 3.8) is 0 Å².